The Hall–Kier alpha value is -1.95. The van der Waals surface area contributed by atoms with Crippen molar-refractivity contribution in [3.63, 3.8) is 0 Å². The molecule has 0 fully saturated rings. The van der Waals surface area contributed by atoms with E-state index in [1.54, 1.807) is 0 Å². The van der Waals surface area contributed by atoms with Crippen molar-refractivity contribution in [1.29, 1.82) is 0 Å². The molecule has 1 N–H and O–H groups in total. The van der Waals surface area contributed by atoms with E-state index in [2.05, 4.69) is 20.5 Å². The van der Waals surface area contributed by atoms with E-state index in [4.69, 9.17) is 0 Å². The van der Waals surface area contributed by atoms with Gasteiger partial charge in [0.2, 0.25) is 11.1 Å². The first-order valence-electron chi connectivity index (χ1n) is 6.64. The third kappa shape index (κ3) is 4.01. The third-order valence-electron chi connectivity index (χ3n) is 3.28. The molecule has 5 nitrogen and oxygen atoms in total. The Morgan fingerprint density at radius 3 is 2.62 bits per heavy atom. The number of benzene rings is 1. The lowest BCUT2D eigenvalue weighted by molar-refractivity contribution is -0.113. The lowest BCUT2D eigenvalue weighted by Crippen LogP contribution is -2.15. The minimum Gasteiger partial charge on any atom is -0.325 e. The molecule has 0 bridgehead atoms. The van der Waals surface area contributed by atoms with Crippen LogP contribution in [0.15, 0.2) is 23.4 Å². The summed E-state index contributed by atoms with van der Waals surface area (Å²) in [7, 11) is 0. The summed E-state index contributed by atoms with van der Waals surface area (Å²) in [6.45, 7) is 7.75. The van der Waals surface area contributed by atoms with E-state index in [0.717, 1.165) is 28.2 Å². The largest absolute Gasteiger partial charge is 0.325 e. The molecular weight excluding hydrogens is 284 g/mol. The van der Waals surface area contributed by atoms with Gasteiger partial charge in [0, 0.05) is 5.69 Å². The highest BCUT2D eigenvalue weighted by Crippen LogP contribution is 2.19. The van der Waals surface area contributed by atoms with Crippen LogP contribution in [0.25, 0.3) is 0 Å². The summed E-state index contributed by atoms with van der Waals surface area (Å²) in [5.74, 6) is 0.188. The van der Waals surface area contributed by atoms with Crippen molar-refractivity contribution in [2.45, 2.75) is 32.9 Å². The molecule has 0 spiro atoms. The number of anilines is 1. The monoisotopic (exact) mass is 302 g/mol. The van der Waals surface area contributed by atoms with Gasteiger partial charge in [0.15, 0.2) is 0 Å². The van der Waals surface area contributed by atoms with Gasteiger partial charge in [0.05, 0.1) is 17.1 Å². The standard InChI is InChI=1S/C15H18N4OS/c1-9-6-5-7-13(10(9)2)17-14(20)8-21-15-16-11(3)12(4)18-19-15/h5-7H,8H2,1-4H3,(H,17,20). The zero-order chi connectivity index (χ0) is 15.4. The number of thioether (sulfide) groups is 1. The summed E-state index contributed by atoms with van der Waals surface area (Å²) in [6.07, 6.45) is 0. The number of nitrogens with one attached hydrogen (secondary N) is 1. The molecular formula is C15H18N4OS. The fourth-order valence-electron chi connectivity index (χ4n) is 1.70. The number of amides is 1. The maximum Gasteiger partial charge on any atom is 0.234 e. The number of aryl methyl sites for hydroxylation is 3. The van der Waals surface area contributed by atoms with Crippen molar-refractivity contribution >= 4 is 23.4 Å². The van der Waals surface area contributed by atoms with Crippen LogP contribution in [0.4, 0.5) is 5.69 Å². The van der Waals surface area contributed by atoms with Crippen molar-refractivity contribution in [2.24, 2.45) is 0 Å². The predicted octanol–water partition coefficient (Wildman–Crippen LogP) is 2.84. The molecule has 0 saturated heterocycles. The van der Waals surface area contributed by atoms with E-state index >= 15 is 0 Å². The molecule has 0 atom stereocenters. The van der Waals surface area contributed by atoms with Crippen LogP contribution >= 0.6 is 11.8 Å². The number of hydrogen-bond donors (Lipinski definition) is 1. The summed E-state index contributed by atoms with van der Waals surface area (Å²) in [6, 6.07) is 5.86. The fourth-order valence-corrected chi connectivity index (χ4v) is 2.33. The van der Waals surface area contributed by atoms with Gasteiger partial charge in [-0.1, -0.05) is 23.9 Å². The fraction of sp³-hybridized carbons (Fsp3) is 0.333. The van der Waals surface area contributed by atoms with Crippen molar-refractivity contribution in [3.05, 3.63) is 40.7 Å². The first-order chi connectivity index (χ1) is 9.97. The van der Waals surface area contributed by atoms with Crippen LogP contribution in [0, 0.1) is 27.7 Å². The Labute approximate surface area is 128 Å². The molecule has 0 aliphatic heterocycles. The highest BCUT2D eigenvalue weighted by atomic mass is 32.2. The summed E-state index contributed by atoms with van der Waals surface area (Å²) in [5, 5.41) is 11.4. The lowest BCUT2D eigenvalue weighted by Gasteiger charge is -2.10. The molecule has 110 valence electrons. The minimum absolute atomic E-state index is 0.0736. The summed E-state index contributed by atoms with van der Waals surface area (Å²) in [5.41, 5.74) is 4.73. The highest BCUT2D eigenvalue weighted by molar-refractivity contribution is 7.99. The summed E-state index contributed by atoms with van der Waals surface area (Å²) in [4.78, 5) is 16.3. The van der Waals surface area contributed by atoms with Gasteiger partial charge in [-0.25, -0.2) is 4.98 Å². The zero-order valence-corrected chi connectivity index (χ0v) is 13.4. The van der Waals surface area contributed by atoms with E-state index in [0.29, 0.717) is 5.16 Å². The van der Waals surface area contributed by atoms with Gasteiger partial charge < -0.3 is 5.32 Å². The molecule has 2 aromatic rings. The van der Waals surface area contributed by atoms with Gasteiger partial charge in [0.1, 0.15) is 0 Å². The van der Waals surface area contributed by atoms with E-state index in [9.17, 15) is 4.79 Å². The number of hydrogen-bond acceptors (Lipinski definition) is 5. The van der Waals surface area contributed by atoms with E-state index in [-0.39, 0.29) is 11.7 Å². The van der Waals surface area contributed by atoms with Crippen LogP contribution in [-0.4, -0.2) is 26.8 Å². The van der Waals surface area contributed by atoms with Gasteiger partial charge in [-0.2, -0.15) is 5.10 Å². The normalized spacial score (nSPS) is 10.5. The number of rotatable bonds is 4. The van der Waals surface area contributed by atoms with Crippen LogP contribution in [0.1, 0.15) is 22.5 Å². The molecule has 6 heteroatoms. The quantitative estimate of drug-likeness (QED) is 0.880. The SMILES string of the molecule is Cc1cccc(NC(=O)CSc2nnc(C)c(C)n2)c1C. The van der Waals surface area contributed by atoms with E-state index < -0.39 is 0 Å². The molecule has 0 radical (unpaired) electrons. The molecule has 21 heavy (non-hydrogen) atoms. The number of aromatic nitrogens is 3. The zero-order valence-electron chi connectivity index (χ0n) is 12.6. The van der Waals surface area contributed by atoms with Crippen molar-refractivity contribution < 1.29 is 4.79 Å². The second kappa shape index (κ2) is 6.67. The molecule has 1 heterocycles. The van der Waals surface area contributed by atoms with E-state index in [1.807, 2.05) is 45.9 Å². The predicted molar refractivity (Wildman–Crippen MR) is 84.6 cm³/mol. The molecule has 1 aromatic carbocycles. The molecule has 0 aliphatic carbocycles. The van der Waals surface area contributed by atoms with Crippen LogP contribution in [-0.2, 0) is 4.79 Å². The molecule has 0 aliphatic rings. The topological polar surface area (TPSA) is 67.8 Å². The maximum atomic E-state index is 12.0. The Morgan fingerprint density at radius 2 is 1.90 bits per heavy atom. The molecule has 0 saturated carbocycles. The highest BCUT2D eigenvalue weighted by Gasteiger charge is 2.09. The summed E-state index contributed by atoms with van der Waals surface area (Å²) < 4.78 is 0. The Balaban J connectivity index is 1.96. The van der Waals surface area contributed by atoms with Crippen molar-refractivity contribution in [3.8, 4) is 0 Å². The van der Waals surface area contributed by atoms with Crippen LogP contribution in [0.3, 0.4) is 0 Å². The molecule has 2 rings (SSSR count). The Kier molecular flexibility index (Phi) is 4.90. The second-order valence-electron chi connectivity index (χ2n) is 4.85. The second-order valence-corrected chi connectivity index (χ2v) is 5.79. The number of nitrogens with zero attached hydrogens (tertiary/aromatic N) is 3. The van der Waals surface area contributed by atoms with Gasteiger partial charge in [-0.3, -0.25) is 4.79 Å². The third-order valence-corrected chi connectivity index (χ3v) is 4.12. The lowest BCUT2D eigenvalue weighted by atomic mass is 10.1. The minimum atomic E-state index is -0.0736. The van der Waals surface area contributed by atoms with Crippen molar-refractivity contribution in [1.82, 2.24) is 15.2 Å². The maximum absolute atomic E-state index is 12.0. The smallest absolute Gasteiger partial charge is 0.234 e. The van der Waals surface area contributed by atoms with Gasteiger partial charge >= 0.3 is 0 Å². The Bertz CT molecular complexity index is 673. The van der Waals surface area contributed by atoms with Crippen molar-refractivity contribution in [2.75, 3.05) is 11.1 Å². The van der Waals surface area contributed by atoms with Crippen LogP contribution in [0.2, 0.25) is 0 Å². The average molecular weight is 302 g/mol. The van der Waals surface area contributed by atoms with Gasteiger partial charge in [-0.15, -0.1) is 5.10 Å². The van der Waals surface area contributed by atoms with Gasteiger partial charge in [0.25, 0.3) is 0 Å². The first kappa shape index (κ1) is 15.4. The summed E-state index contributed by atoms with van der Waals surface area (Å²) >= 11 is 1.28. The van der Waals surface area contributed by atoms with Crippen LogP contribution < -0.4 is 5.32 Å². The number of carbonyl (C=O) groups excluding carboxylic acids is 1. The number of carbonyl (C=O) groups is 1. The molecule has 1 amide bonds. The van der Waals surface area contributed by atoms with Gasteiger partial charge in [-0.05, 0) is 44.9 Å². The van der Waals surface area contributed by atoms with Crippen LogP contribution in [0.5, 0.6) is 0 Å². The molecule has 1 aromatic heterocycles. The first-order valence-corrected chi connectivity index (χ1v) is 7.62. The Morgan fingerprint density at radius 1 is 1.14 bits per heavy atom. The van der Waals surface area contributed by atoms with E-state index in [1.165, 1.54) is 11.8 Å². The molecule has 0 unspecified atom stereocenters. The average Bonchev–Trinajstić information content (AvgIpc) is 2.45.